The Morgan fingerprint density at radius 1 is 1.25 bits per heavy atom. The number of hydrogen-bond donors (Lipinski definition) is 1. The fourth-order valence-electron chi connectivity index (χ4n) is 4.12. The van der Waals surface area contributed by atoms with Crippen molar-refractivity contribution in [3.05, 3.63) is 52.5 Å². The molecule has 28 heavy (non-hydrogen) atoms. The molecule has 1 heterocycles. The number of ether oxygens (including phenoxy) is 1. The maximum absolute atomic E-state index is 13.4. The van der Waals surface area contributed by atoms with Crippen LogP contribution < -0.4 is 14.4 Å². The van der Waals surface area contributed by atoms with Gasteiger partial charge in [0.05, 0.1) is 17.8 Å². The molecule has 8 heteroatoms. The van der Waals surface area contributed by atoms with Gasteiger partial charge in [-0.25, -0.2) is 8.42 Å². The van der Waals surface area contributed by atoms with Gasteiger partial charge in [0, 0.05) is 18.2 Å². The van der Waals surface area contributed by atoms with E-state index < -0.39 is 20.7 Å². The lowest BCUT2D eigenvalue weighted by molar-refractivity contribution is -0.116. The molecule has 148 valence electrons. The summed E-state index contributed by atoms with van der Waals surface area (Å²) in [5, 5.41) is 3.07. The number of para-hydroxylation sites is 1. The van der Waals surface area contributed by atoms with Crippen molar-refractivity contribution >= 4 is 38.9 Å². The number of amides is 1. The van der Waals surface area contributed by atoms with Crippen LogP contribution in [0.3, 0.4) is 0 Å². The molecule has 2 aromatic rings. The highest BCUT2D eigenvalue weighted by Crippen LogP contribution is 2.59. The molecule has 0 bridgehead atoms. The smallest absolute Gasteiger partial charge is 0.250 e. The van der Waals surface area contributed by atoms with Crippen LogP contribution in [0.1, 0.15) is 17.5 Å². The van der Waals surface area contributed by atoms with Gasteiger partial charge in [-0.15, -0.1) is 0 Å². The number of halogens is 1. The highest BCUT2D eigenvalue weighted by atomic mass is 35.5. The highest BCUT2D eigenvalue weighted by molar-refractivity contribution is 7.95. The number of benzene rings is 2. The highest BCUT2D eigenvalue weighted by Gasteiger charge is 2.75. The maximum Gasteiger partial charge on any atom is 0.250 e. The molecule has 1 aliphatic carbocycles. The summed E-state index contributed by atoms with van der Waals surface area (Å²) in [6.07, 6.45) is 0.340. The predicted octanol–water partition coefficient (Wildman–Crippen LogP) is 3.51. The van der Waals surface area contributed by atoms with Crippen LogP contribution in [-0.2, 0) is 14.8 Å². The van der Waals surface area contributed by atoms with E-state index in [2.05, 4.69) is 5.32 Å². The predicted molar refractivity (Wildman–Crippen MR) is 110 cm³/mol. The average molecular weight is 421 g/mol. The zero-order valence-electron chi connectivity index (χ0n) is 15.8. The number of fused-ring (bicyclic) bond motifs is 1. The van der Waals surface area contributed by atoms with Crippen molar-refractivity contribution in [2.75, 3.05) is 23.3 Å². The van der Waals surface area contributed by atoms with Crippen LogP contribution in [0.25, 0.3) is 0 Å². The third-order valence-electron chi connectivity index (χ3n) is 5.67. The van der Waals surface area contributed by atoms with Crippen LogP contribution in [0.5, 0.6) is 5.75 Å². The number of nitrogens with one attached hydrogen (secondary N) is 1. The van der Waals surface area contributed by atoms with Crippen LogP contribution >= 0.6 is 11.6 Å². The van der Waals surface area contributed by atoms with Gasteiger partial charge in [0.2, 0.25) is 15.9 Å². The van der Waals surface area contributed by atoms with Gasteiger partial charge in [-0.3, -0.25) is 9.10 Å². The van der Waals surface area contributed by atoms with Crippen molar-refractivity contribution in [2.24, 2.45) is 5.92 Å². The molecule has 4 rings (SSSR count). The number of carbonyl (C=O) groups excluding carboxylic acids is 1. The van der Waals surface area contributed by atoms with Crippen LogP contribution in [0.2, 0.25) is 5.02 Å². The molecule has 0 unspecified atom stereocenters. The Balaban J connectivity index is 1.64. The Morgan fingerprint density at radius 3 is 2.54 bits per heavy atom. The SMILES string of the molecule is COc1ccc(NC(=O)[C@]23C[C@H]2CN(c2c(C)cccc2C)S3(=O)=O)cc1Cl. The van der Waals surface area contributed by atoms with E-state index in [4.69, 9.17) is 16.3 Å². The lowest BCUT2D eigenvalue weighted by Gasteiger charge is -2.26. The third kappa shape index (κ3) is 2.60. The number of hydrogen-bond acceptors (Lipinski definition) is 4. The summed E-state index contributed by atoms with van der Waals surface area (Å²) >= 11 is 6.11. The first-order valence-electron chi connectivity index (χ1n) is 8.96. The van der Waals surface area contributed by atoms with Crippen LogP contribution in [-0.4, -0.2) is 32.7 Å². The number of methoxy groups -OCH3 is 1. The van der Waals surface area contributed by atoms with Crippen molar-refractivity contribution in [3.63, 3.8) is 0 Å². The van der Waals surface area contributed by atoms with Crippen molar-refractivity contribution < 1.29 is 17.9 Å². The summed E-state index contributed by atoms with van der Waals surface area (Å²) in [6, 6.07) is 10.5. The van der Waals surface area contributed by atoms with E-state index in [1.807, 2.05) is 32.0 Å². The molecule has 2 fully saturated rings. The average Bonchev–Trinajstić information content (AvgIpc) is 3.32. The first-order valence-corrected chi connectivity index (χ1v) is 10.8. The van der Waals surface area contributed by atoms with Gasteiger partial charge in [-0.1, -0.05) is 29.8 Å². The minimum atomic E-state index is -3.83. The summed E-state index contributed by atoms with van der Waals surface area (Å²) in [4.78, 5) is 13.0. The van der Waals surface area contributed by atoms with E-state index in [9.17, 15) is 13.2 Å². The van der Waals surface area contributed by atoms with Gasteiger partial charge in [0.15, 0.2) is 4.75 Å². The van der Waals surface area contributed by atoms with Crippen LogP contribution in [0, 0.1) is 19.8 Å². The number of carbonyl (C=O) groups is 1. The van der Waals surface area contributed by atoms with Gasteiger partial charge < -0.3 is 10.1 Å². The summed E-state index contributed by atoms with van der Waals surface area (Å²) in [7, 11) is -2.33. The molecule has 2 atom stereocenters. The van der Waals surface area contributed by atoms with Crippen molar-refractivity contribution in [3.8, 4) is 5.75 Å². The van der Waals surface area contributed by atoms with E-state index in [0.29, 0.717) is 35.1 Å². The van der Waals surface area contributed by atoms with E-state index in [0.717, 1.165) is 11.1 Å². The molecule has 0 radical (unpaired) electrons. The number of nitrogens with zero attached hydrogens (tertiary/aromatic N) is 1. The zero-order chi connectivity index (χ0) is 20.3. The summed E-state index contributed by atoms with van der Waals surface area (Å²) in [6.45, 7) is 4.09. The third-order valence-corrected chi connectivity index (χ3v) is 8.48. The van der Waals surface area contributed by atoms with Crippen molar-refractivity contribution in [1.29, 1.82) is 0 Å². The fourth-order valence-corrected chi connectivity index (χ4v) is 6.87. The van der Waals surface area contributed by atoms with Gasteiger partial charge in [-0.2, -0.15) is 0 Å². The summed E-state index contributed by atoms with van der Waals surface area (Å²) < 4.78 is 31.9. The van der Waals surface area contributed by atoms with E-state index >= 15 is 0 Å². The topological polar surface area (TPSA) is 75.7 Å². The Labute approximate surface area is 169 Å². The molecule has 2 aliphatic rings. The van der Waals surface area contributed by atoms with E-state index in [-0.39, 0.29) is 5.92 Å². The maximum atomic E-state index is 13.4. The first-order chi connectivity index (χ1) is 13.2. The molecule has 0 spiro atoms. The standard InChI is InChI=1S/C20H21ClN2O4S/c1-12-5-4-6-13(2)18(12)23-11-14-10-20(14,28(23,25)26)19(24)22-15-7-8-17(27-3)16(21)9-15/h4-9,14H,10-11H2,1-3H3,(H,22,24)/t14-,20-/m0/s1. The molecule has 6 nitrogen and oxygen atoms in total. The molecule has 1 aliphatic heterocycles. The summed E-state index contributed by atoms with van der Waals surface area (Å²) in [5.74, 6) is -0.241. The second-order valence-corrected chi connectivity index (χ2v) is 9.90. The van der Waals surface area contributed by atoms with Gasteiger partial charge in [0.1, 0.15) is 5.75 Å². The second-order valence-electron chi connectivity index (χ2n) is 7.37. The van der Waals surface area contributed by atoms with Gasteiger partial charge in [-0.05, 0) is 49.6 Å². The van der Waals surface area contributed by atoms with E-state index in [1.54, 1.807) is 18.2 Å². The normalized spacial score (nSPS) is 24.6. The molecule has 1 N–H and O–H groups in total. The number of anilines is 2. The molecule has 1 amide bonds. The molecule has 1 saturated carbocycles. The lowest BCUT2D eigenvalue weighted by Crippen LogP contribution is -2.42. The minimum Gasteiger partial charge on any atom is -0.495 e. The first kappa shape index (κ1) is 19.1. The van der Waals surface area contributed by atoms with Gasteiger partial charge >= 0.3 is 0 Å². The zero-order valence-corrected chi connectivity index (χ0v) is 17.4. The Kier molecular flexibility index (Phi) is 4.35. The van der Waals surface area contributed by atoms with Crippen LogP contribution in [0.4, 0.5) is 11.4 Å². The minimum absolute atomic E-state index is 0.217. The second kappa shape index (κ2) is 6.39. The van der Waals surface area contributed by atoms with Gasteiger partial charge in [0.25, 0.3) is 0 Å². The number of sulfonamides is 1. The molecular formula is C20H21ClN2O4S. The fraction of sp³-hybridized carbons (Fsp3) is 0.350. The molecule has 2 aromatic carbocycles. The molecule has 1 saturated heterocycles. The summed E-state index contributed by atoms with van der Waals surface area (Å²) in [5.41, 5.74) is 2.87. The van der Waals surface area contributed by atoms with Crippen molar-refractivity contribution in [1.82, 2.24) is 0 Å². The number of aryl methyl sites for hydroxylation is 2. The van der Waals surface area contributed by atoms with Crippen molar-refractivity contribution in [2.45, 2.75) is 25.0 Å². The largest absolute Gasteiger partial charge is 0.495 e. The Hall–Kier alpha value is -2.25. The molecule has 0 aromatic heterocycles. The lowest BCUT2D eigenvalue weighted by atomic mass is 10.1. The Morgan fingerprint density at radius 2 is 1.93 bits per heavy atom. The van der Waals surface area contributed by atoms with Crippen LogP contribution in [0.15, 0.2) is 36.4 Å². The monoisotopic (exact) mass is 420 g/mol. The number of rotatable bonds is 4. The Bertz CT molecular complexity index is 1070. The quantitative estimate of drug-likeness (QED) is 0.821. The van der Waals surface area contributed by atoms with E-state index in [1.165, 1.54) is 11.4 Å². The molecular weight excluding hydrogens is 400 g/mol.